The third kappa shape index (κ3) is 59.9. The van der Waals surface area contributed by atoms with E-state index in [0.717, 1.165) is 38.5 Å². The molecule has 0 aliphatic heterocycles. The number of unbranched alkanes of at least 4 members (excludes halogenated alkanes) is 49. The summed E-state index contributed by atoms with van der Waals surface area (Å²) >= 11 is 0. The fourth-order valence-corrected chi connectivity index (χ4v) is 10.4. The van der Waals surface area contributed by atoms with E-state index < -0.39 is 18.4 Å². The molecule has 0 aliphatic rings. The molecule has 0 rings (SSSR count). The van der Waals surface area contributed by atoms with Crippen molar-refractivity contribution in [3.8, 4) is 0 Å². The molecule has 76 heavy (non-hydrogen) atoms. The molecule has 0 heterocycles. The molecule has 0 aliphatic carbocycles. The predicted molar refractivity (Wildman–Crippen MR) is 323 cm³/mol. The second kappa shape index (κ2) is 59.4. The van der Waals surface area contributed by atoms with E-state index in [1.54, 1.807) is 0 Å². The maximum atomic E-state index is 12.9. The minimum atomic E-state index is -1.50. The predicted octanol–water partition coefficient (Wildman–Crippen LogP) is 20.3. The number of nitrogens with zero attached hydrogens (tertiary/aromatic N) is 1. The average Bonchev–Trinajstić information content (AvgIpc) is 3.39. The maximum absolute atomic E-state index is 12.9. The number of likely N-dealkylation sites (N-methyl/N-ethyl adjacent to an activating group) is 1. The molecule has 0 saturated heterocycles. The van der Waals surface area contributed by atoms with E-state index >= 15 is 0 Å². The third-order valence-electron chi connectivity index (χ3n) is 15.6. The molecular formula is C67H132NO8+. The average molecular weight is 1080 g/mol. The van der Waals surface area contributed by atoms with Crippen molar-refractivity contribution in [3.05, 3.63) is 0 Å². The number of rotatable bonds is 64. The normalized spacial score (nSPS) is 12.6. The van der Waals surface area contributed by atoms with Gasteiger partial charge in [-0.1, -0.05) is 328 Å². The summed E-state index contributed by atoms with van der Waals surface area (Å²) in [7, 11) is 5.99. The molecule has 0 bridgehead atoms. The Morgan fingerprint density at radius 2 is 0.592 bits per heavy atom. The van der Waals surface area contributed by atoms with Crippen molar-refractivity contribution in [2.75, 3.05) is 47.5 Å². The highest BCUT2D eigenvalue weighted by atomic mass is 16.7. The fourth-order valence-electron chi connectivity index (χ4n) is 10.4. The fraction of sp³-hybridized carbons (Fsp3) is 0.955. The Balaban J connectivity index is 3.96. The lowest BCUT2D eigenvalue weighted by atomic mass is 10.0. The van der Waals surface area contributed by atoms with Gasteiger partial charge in [-0.2, -0.15) is 0 Å². The first kappa shape index (κ1) is 74.3. The summed E-state index contributed by atoms with van der Waals surface area (Å²) in [5.74, 6) is -1.97. The third-order valence-corrected chi connectivity index (χ3v) is 15.6. The summed E-state index contributed by atoms with van der Waals surface area (Å²) in [6.45, 7) is 4.96. The van der Waals surface area contributed by atoms with Crippen molar-refractivity contribution in [2.45, 2.75) is 367 Å². The minimum absolute atomic E-state index is 0.172. The van der Waals surface area contributed by atoms with Gasteiger partial charge >= 0.3 is 17.9 Å². The van der Waals surface area contributed by atoms with Gasteiger partial charge in [-0.3, -0.25) is 9.59 Å². The Morgan fingerprint density at radius 3 is 0.842 bits per heavy atom. The first-order valence-corrected chi connectivity index (χ1v) is 33.7. The Morgan fingerprint density at radius 1 is 0.342 bits per heavy atom. The number of esters is 2. The first-order chi connectivity index (χ1) is 37.1. The van der Waals surface area contributed by atoms with Crippen molar-refractivity contribution >= 4 is 17.9 Å². The highest BCUT2D eigenvalue weighted by Crippen LogP contribution is 2.19. The number of carbonyl (C=O) groups excluding carboxylic acids is 2. The van der Waals surface area contributed by atoms with Crippen LogP contribution < -0.4 is 0 Å². The number of aliphatic carboxylic acids is 1. The monoisotopic (exact) mass is 1080 g/mol. The summed E-state index contributed by atoms with van der Waals surface area (Å²) in [5.41, 5.74) is 0. The molecule has 0 amide bonds. The molecule has 2 atom stereocenters. The van der Waals surface area contributed by atoms with Crippen LogP contribution in [-0.2, 0) is 33.3 Å². The molecular weight excluding hydrogens is 947 g/mol. The lowest BCUT2D eigenvalue weighted by Crippen LogP contribution is -2.40. The molecule has 2 unspecified atom stereocenters. The smallest absolute Gasteiger partial charge is 0.361 e. The summed E-state index contributed by atoms with van der Waals surface area (Å²) in [5, 5.41) is 9.72. The van der Waals surface area contributed by atoms with Crippen LogP contribution in [0.1, 0.15) is 354 Å². The molecule has 0 fully saturated rings. The molecule has 452 valence electrons. The van der Waals surface area contributed by atoms with Crippen molar-refractivity contribution in [1.82, 2.24) is 0 Å². The Kier molecular flexibility index (Phi) is 58.1. The molecule has 0 spiro atoms. The number of carboxylic acid groups (broad SMARTS) is 1. The van der Waals surface area contributed by atoms with E-state index in [9.17, 15) is 19.5 Å². The topological polar surface area (TPSA) is 108 Å². The van der Waals surface area contributed by atoms with Gasteiger partial charge in [-0.05, 0) is 12.8 Å². The van der Waals surface area contributed by atoms with E-state index in [1.807, 2.05) is 21.1 Å². The van der Waals surface area contributed by atoms with E-state index in [2.05, 4.69) is 13.8 Å². The van der Waals surface area contributed by atoms with Crippen LogP contribution in [0.15, 0.2) is 0 Å². The standard InChI is InChI=1S/C67H131NO8/c1-6-8-10-12-14-16-18-20-22-24-25-26-27-28-29-30-31-32-33-34-35-36-37-38-39-40-41-42-44-46-48-50-52-54-56-58-65(70)76-63(62-75-67(66(71)72)73-60-59-68(3,4)5)61-74-64(69)57-55-53-51-49-47-45-43-23-21-19-17-15-13-11-9-7-2/h63,67H,6-62H2,1-5H3/p+1. The van der Waals surface area contributed by atoms with Crippen LogP contribution in [0.3, 0.4) is 0 Å². The molecule has 0 aromatic rings. The highest BCUT2D eigenvalue weighted by Gasteiger charge is 2.25. The minimum Gasteiger partial charge on any atom is -0.477 e. The Hall–Kier alpha value is -1.71. The lowest BCUT2D eigenvalue weighted by molar-refractivity contribution is -0.870. The van der Waals surface area contributed by atoms with Crippen molar-refractivity contribution in [1.29, 1.82) is 0 Å². The number of carboxylic acids is 1. The first-order valence-electron chi connectivity index (χ1n) is 33.7. The van der Waals surface area contributed by atoms with Crippen LogP contribution in [0.5, 0.6) is 0 Å². The van der Waals surface area contributed by atoms with Crippen LogP contribution in [0, 0.1) is 0 Å². The number of ether oxygens (including phenoxy) is 4. The Labute approximate surface area is 473 Å². The largest absolute Gasteiger partial charge is 0.477 e. The maximum Gasteiger partial charge on any atom is 0.361 e. The van der Waals surface area contributed by atoms with Crippen molar-refractivity contribution < 1.29 is 42.9 Å². The van der Waals surface area contributed by atoms with Gasteiger partial charge in [0.2, 0.25) is 0 Å². The SMILES string of the molecule is CCCCCCCCCCCCCCCCCCCCCCCCCCCCCCCCCCCCCC(=O)OC(COC(=O)CCCCCCCCCCCCCCCCCC)COC(OCC[N+](C)(C)C)C(=O)O. The van der Waals surface area contributed by atoms with Crippen molar-refractivity contribution in [2.24, 2.45) is 0 Å². The zero-order chi connectivity index (χ0) is 55.5. The van der Waals surface area contributed by atoms with Crippen LogP contribution in [0.25, 0.3) is 0 Å². The highest BCUT2D eigenvalue weighted by molar-refractivity contribution is 5.71. The van der Waals surface area contributed by atoms with E-state index in [-0.39, 0.29) is 38.2 Å². The summed E-state index contributed by atoms with van der Waals surface area (Å²) in [6.07, 6.45) is 66.6. The molecule has 0 aromatic carbocycles. The number of quaternary nitrogens is 1. The molecule has 9 heteroatoms. The van der Waals surface area contributed by atoms with Crippen molar-refractivity contribution in [3.63, 3.8) is 0 Å². The second-order valence-electron chi connectivity index (χ2n) is 24.5. The van der Waals surface area contributed by atoms with Crippen LogP contribution >= 0.6 is 0 Å². The van der Waals surface area contributed by atoms with Gasteiger partial charge in [0, 0.05) is 12.8 Å². The van der Waals surface area contributed by atoms with Crippen LogP contribution in [0.4, 0.5) is 0 Å². The van der Waals surface area contributed by atoms with Crippen LogP contribution in [0.2, 0.25) is 0 Å². The van der Waals surface area contributed by atoms with Gasteiger partial charge < -0.3 is 28.5 Å². The second-order valence-corrected chi connectivity index (χ2v) is 24.5. The van der Waals surface area contributed by atoms with Gasteiger partial charge in [0.05, 0.1) is 34.4 Å². The van der Waals surface area contributed by atoms with E-state index in [4.69, 9.17) is 18.9 Å². The number of carbonyl (C=O) groups is 3. The molecule has 0 saturated carbocycles. The summed E-state index contributed by atoms with van der Waals surface area (Å²) in [4.78, 5) is 37.5. The zero-order valence-corrected chi connectivity index (χ0v) is 51.7. The Bertz CT molecular complexity index is 1210. The summed E-state index contributed by atoms with van der Waals surface area (Å²) < 4.78 is 22.9. The molecule has 0 aromatic heterocycles. The molecule has 9 nitrogen and oxygen atoms in total. The lowest BCUT2D eigenvalue weighted by Gasteiger charge is -2.25. The molecule has 0 radical (unpaired) electrons. The van der Waals surface area contributed by atoms with Gasteiger partial charge in [-0.15, -0.1) is 0 Å². The number of hydrogen-bond acceptors (Lipinski definition) is 7. The molecule has 1 N–H and O–H groups in total. The van der Waals surface area contributed by atoms with Gasteiger partial charge in [0.15, 0.2) is 6.10 Å². The van der Waals surface area contributed by atoms with E-state index in [0.29, 0.717) is 17.4 Å². The summed E-state index contributed by atoms with van der Waals surface area (Å²) in [6, 6.07) is 0. The van der Waals surface area contributed by atoms with Gasteiger partial charge in [-0.25, -0.2) is 4.79 Å². The van der Waals surface area contributed by atoms with Crippen LogP contribution in [-0.4, -0.2) is 87.4 Å². The van der Waals surface area contributed by atoms with E-state index in [1.165, 1.54) is 289 Å². The van der Waals surface area contributed by atoms with Gasteiger partial charge in [0.1, 0.15) is 13.2 Å². The number of hydrogen-bond donors (Lipinski definition) is 1. The van der Waals surface area contributed by atoms with Gasteiger partial charge in [0.25, 0.3) is 6.29 Å². The quantitative estimate of drug-likeness (QED) is 0.0278. The zero-order valence-electron chi connectivity index (χ0n) is 51.7.